The van der Waals surface area contributed by atoms with Gasteiger partial charge in [0.1, 0.15) is 22.2 Å². The van der Waals surface area contributed by atoms with Crippen LogP contribution < -0.4 is 5.14 Å². The van der Waals surface area contributed by atoms with Crippen molar-refractivity contribution < 1.29 is 22.3 Å². The van der Waals surface area contributed by atoms with E-state index in [4.69, 9.17) is 9.88 Å². The molecule has 0 unspecified atom stereocenters. The topological polar surface area (TPSA) is 86.5 Å². The van der Waals surface area contributed by atoms with Crippen LogP contribution in [0.2, 0.25) is 0 Å². The first kappa shape index (κ1) is 16.1. The standard InChI is InChI=1S/C12H9BrFNO4S2/c13-9-5-8(14)2-1-7(9)6-19-12(16)11-10(3-4-20-11)21(15,17)18/h1-5H,6H2,(H2,15,17,18). The second-order valence-electron chi connectivity index (χ2n) is 3.97. The van der Waals surface area contributed by atoms with Gasteiger partial charge in [-0.2, -0.15) is 0 Å². The van der Waals surface area contributed by atoms with Crippen LogP contribution in [0, 0.1) is 5.82 Å². The molecule has 2 rings (SSSR count). The molecule has 0 saturated carbocycles. The summed E-state index contributed by atoms with van der Waals surface area (Å²) in [6.07, 6.45) is 0. The van der Waals surface area contributed by atoms with Crippen LogP contribution in [0.25, 0.3) is 0 Å². The van der Waals surface area contributed by atoms with Crippen LogP contribution in [0.3, 0.4) is 0 Å². The SMILES string of the molecule is NS(=O)(=O)c1ccsc1C(=O)OCc1ccc(F)cc1Br. The van der Waals surface area contributed by atoms with Crippen LogP contribution in [0.5, 0.6) is 0 Å². The molecule has 0 amide bonds. The Morgan fingerprint density at radius 2 is 2.10 bits per heavy atom. The van der Waals surface area contributed by atoms with E-state index < -0.39 is 21.8 Å². The Kier molecular flexibility index (Phi) is 4.77. The zero-order chi connectivity index (χ0) is 15.6. The van der Waals surface area contributed by atoms with Crippen LogP contribution in [-0.2, 0) is 21.4 Å². The Labute approximate surface area is 132 Å². The van der Waals surface area contributed by atoms with Gasteiger partial charge >= 0.3 is 5.97 Å². The molecule has 1 aromatic carbocycles. The molecule has 0 fully saturated rings. The monoisotopic (exact) mass is 393 g/mol. The molecule has 0 aliphatic rings. The highest BCUT2D eigenvalue weighted by atomic mass is 79.9. The summed E-state index contributed by atoms with van der Waals surface area (Å²) in [5, 5.41) is 6.44. The van der Waals surface area contributed by atoms with Crippen molar-refractivity contribution in [2.24, 2.45) is 5.14 Å². The summed E-state index contributed by atoms with van der Waals surface area (Å²) in [5.41, 5.74) is 0.554. The first-order valence-electron chi connectivity index (χ1n) is 5.50. The number of benzene rings is 1. The molecule has 0 aliphatic heterocycles. The number of nitrogens with two attached hydrogens (primary N) is 1. The number of halogens is 2. The lowest BCUT2D eigenvalue weighted by atomic mass is 10.2. The summed E-state index contributed by atoms with van der Waals surface area (Å²) in [6, 6.07) is 5.17. The van der Waals surface area contributed by atoms with E-state index in [2.05, 4.69) is 15.9 Å². The van der Waals surface area contributed by atoms with E-state index in [1.807, 2.05) is 0 Å². The predicted octanol–water partition coefficient (Wildman–Crippen LogP) is 2.65. The molecule has 2 N–H and O–H groups in total. The molecule has 0 aliphatic carbocycles. The summed E-state index contributed by atoms with van der Waals surface area (Å²) in [4.78, 5) is 11.5. The third kappa shape index (κ3) is 3.88. The number of sulfonamides is 1. The van der Waals surface area contributed by atoms with E-state index in [1.165, 1.54) is 29.6 Å². The molecule has 0 atom stereocenters. The van der Waals surface area contributed by atoms with Gasteiger partial charge in [-0.15, -0.1) is 11.3 Å². The fourth-order valence-corrected chi connectivity index (χ4v) is 3.84. The number of primary sulfonamides is 1. The zero-order valence-electron chi connectivity index (χ0n) is 10.4. The van der Waals surface area contributed by atoms with Gasteiger partial charge in [-0.1, -0.05) is 22.0 Å². The highest BCUT2D eigenvalue weighted by Crippen LogP contribution is 2.23. The van der Waals surface area contributed by atoms with Crippen LogP contribution in [0.1, 0.15) is 15.2 Å². The average molecular weight is 394 g/mol. The maximum Gasteiger partial charge on any atom is 0.350 e. The lowest BCUT2D eigenvalue weighted by molar-refractivity contribution is 0.0473. The molecule has 0 radical (unpaired) electrons. The molecule has 0 saturated heterocycles. The third-order valence-corrected chi connectivity index (χ3v) is 5.21. The fourth-order valence-electron chi connectivity index (χ4n) is 1.52. The molecule has 2 aromatic rings. The Morgan fingerprint density at radius 1 is 1.38 bits per heavy atom. The fraction of sp³-hybridized carbons (Fsp3) is 0.0833. The third-order valence-electron chi connectivity index (χ3n) is 2.49. The molecule has 1 heterocycles. The van der Waals surface area contributed by atoms with E-state index in [0.717, 1.165) is 11.3 Å². The number of carbonyl (C=O) groups is 1. The van der Waals surface area contributed by atoms with Gasteiger partial charge in [0.05, 0.1) is 0 Å². The Morgan fingerprint density at radius 3 is 2.71 bits per heavy atom. The number of hydrogen-bond acceptors (Lipinski definition) is 5. The highest BCUT2D eigenvalue weighted by Gasteiger charge is 2.22. The van der Waals surface area contributed by atoms with Crippen molar-refractivity contribution in [2.75, 3.05) is 0 Å². The second-order valence-corrected chi connectivity index (χ2v) is 7.27. The number of hydrogen-bond donors (Lipinski definition) is 1. The molecule has 5 nitrogen and oxygen atoms in total. The smallest absolute Gasteiger partial charge is 0.350 e. The molecular weight excluding hydrogens is 385 g/mol. The molecule has 9 heteroatoms. The Bertz CT molecular complexity index is 788. The van der Waals surface area contributed by atoms with Gasteiger partial charge in [-0.3, -0.25) is 0 Å². The number of rotatable bonds is 4. The molecule has 21 heavy (non-hydrogen) atoms. The molecule has 112 valence electrons. The minimum atomic E-state index is -3.98. The van der Waals surface area contributed by atoms with Crippen molar-refractivity contribution >= 4 is 43.3 Å². The van der Waals surface area contributed by atoms with Gasteiger partial charge in [0.25, 0.3) is 0 Å². The van der Waals surface area contributed by atoms with E-state index in [1.54, 1.807) is 0 Å². The molecule has 1 aromatic heterocycles. The van der Waals surface area contributed by atoms with Gasteiger partial charge in [0.15, 0.2) is 0 Å². The molecule has 0 bridgehead atoms. The Balaban J connectivity index is 2.14. The van der Waals surface area contributed by atoms with Gasteiger partial charge in [-0.25, -0.2) is 22.7 Å². The lowest BCUT2D eigenvalue weighted by Crippen LogP contribution is -2.15. The molecular formula is C12H9BrFNO4S2. The van der Waals surface area contributed by atoms with Crippen molar-refractivity contribution in [1.29, 1.82) is 0 Å². The van der Waals surface area contributed by atoms with Crippen LogP contribution in [-0.4, -0.2) is 14.4 Å². The predicted molar refractivity (Wildman–Crippen MR) is 78.9 cm³/mol. The maximum atomic E-state index is 12.9. The van der Waals surface area contributed by atoms with E-state index >= 15 is 0 Å². The largest absolute Gasteiger partial charge is 0.457 e. The van der Waals surface area contributed by atoms with Crippen LogP contribution in [0.4, 0.5) is 4.39 Å². The zero-order valence-corrected chi connectivity index (χ0v) is 13.6. The van der Waals surface area contributed by atoms with Gasteiger partial charge in [0.2, 0.25) is 10.0 Å². The van der Waals surface area contributed by atoms with Crippen molar-refractivity contribution in [3.63, 3.8) is 0 Å². The summed E-state index contributed by atoms with van der Waals surface area (Å²) < 4.78 is 41.0. The van der Waals surface area contributed by atoms with Gasteiger partial charge in [0, 0.05) is 10.0 Å². The maximum absolute atomic E-state index is 12.9. The summed E-state index contributed by atoms with van der Waals surface area (Å²) in [5.74, 6) is -1.23. The number of carbonyl (C=O) groups excluding carboxylic acids is 1. The summed E-state index contributed by atoms with van der Waals surface area (Å²) >= 11 is 4.07. The van der Waals surface area contributed by atoms with Gasteiger partial charge < -0.3 is 4.74 Å². The van der Waals surface area contributed by atoms with E-state index in [9.17, 15) is 17.6 Å². The summed E-state index contributed by atoms with van der Waals surface area (Å²) in [6.45, 7) is -0.123. The first-order valence-corrected chi connectivity index (χ1v) is 8.72. The van der Waals surface area contributed by atoms with Crippen LogP contribution in [0.15, 0.2) is 39.0 Å². The first-order chi connectivity index (χ1) is 9.79. The van der Waals surface area contributed by atoms with Crippen molar-refractivity contribution in [1.82, 2.24) is 0 Å². The summed E-state index contributed by atoms with van der Waals surface area (Å²) in [7, 11) is -3.98. The molecule has 0 spiro atoms. The normalized spacial score (nSPS) is 11.4. The van der Waals surface area contributed by atoms with Crippen molar-refractivity contribution in [3.05, 3.63) is 50.4 Å². The average Bonchev–Trinajstić information content (AvgIpc) is 2.86. The number of ether oxygens (including phenoxy) is 1. The minimum Gasteiger partial charge on any atom is -0.457 e. The van der Waals surface area contributed by atoms with Crippen molar-refractivity contribution in [3.8, 4) is 0 Å². The Hall–Kier alpha value is -1.29. The van der Waals surface area contributed by atoms with E-state index in [0.29, 0.717) is 10.0 Å². The van der Waals surface area contributed by atoms with Gasteiger partial charge in [-0.05, 0) is 23.6 Å². The highest BCUT2D eigenvalue weighted by molar-refractivity contribution is 9.10. The second kappa shape index (κ2) is 6.22. The van der Waals surface area contributed by atoms with Crippen molar-refractivity contribution in [2.45, 2.75) is 11.5 Å². The number of thiophene rings is 1. The quantitative estimate of drug-likeness (QED) is 0.808. The van der Waals surface area contributed by atoms with E-state index in [-0.39, 0.29) is 16.4 Å². The minimum absolute atomic E-state index is 0.0873. The number of esters is 1. The lowest BCUT2D eigenvalue weighted by Gasteiger charge is -2.07. The van der Waals surface area contributed by atoms with Crippen LogP contribution >= 0.6 is 27.3 Å².